The smallest absolute Gasteiger partial charge is 0.308 e. The highest BCUT2D eigenvalue weighted by atomic mass is 16.7. The Labute approximate surface area is 219 Å². The van der Waals surface area contributed by atoms with Crippen molar-refractivity contribution in [3.63, 3.8) is 0 Å². The van der Waals surface area contributed by atoms with Gasteiger partial charge in [-0.15, -0.1) is 0 Å². The Morgan fingerprint density at radius 3 is 2.56 bits per heavy atom. The molecule has 1 aromatic carbocycles. The molecule has 0 aliphatic carbocycles. The number of hydrogen-bond acceptors (Lipinski definition) is 11. The van der Waals surface area contributed by atoms with E-state index >= 15 is 0 Å². The van der Waals surface area contributed by atoms with Gasteiger partial charge in [0.25, 0.3) is 5.56 Å². The number of ether oxygens (including phenoxy) is 3. The van der Waals surface area contributed by atoms with Crippen molar-refractivity contribution < 1.29 is 49.3 Å². The van der Waals surface area contributed by atoms with Crippen LogP contribution in [-0.4, -0.2) is 89.8 Å². The molecule has 6 unspecified atom stereocenters. The summed E-state index contributed by atoms with van der Waals surface area (Å²) in [6.07, 6.45) is -7.92. The van der Waals surface area contributed by atoms with E-state index in [1.165, 1.54) is 16.7 Å². The number of carbonyl (C=O) groups is 2. The van der Waals surface area contributed by atoms with Crippen LogP contribution in [0.1, 0.15) is 19.8 Å². The standard InChI is InChI=1S/C26H26N2O11/c1-26(36,8-18(30)31)9-19(32)37-11-16-22(33)23(34)24(35)25(39-16)38-15-10-27-13-6-7-17(29)28-14-5-3-2-4-12(14)20(15)21(13)28/h2-7,10,16,22-25,33-36H,8-9,11H2,1H3,(H,30,31). The average molecular weight is 542 g/mol. The highest BCUT2D eigenvalue weighted by molar-refractivity contribution is 6.15. The summed E-state index contributed by atoms with van der Waals surface area (Å²) in [6.45, 7) is 0.579. The van der Waals surface area contributed by atoms with Gasteiger partial charge in [0.2, 0.25) is 6.29 Å². The zero-order valence-electron chi connectivity index (χ0n) is 20.6. The quantitative estimate of drug-likeness (QED) is 0.184. The van der Waals surface area contributed by atoms with E-state index in [1.807, 2.05) is 0 Å². The SMILES string of the molecule is CC(O)(CC(=O)O)CC(=O)OCC1OC(Oc2cnc3ccc(=O)n4c5ccccc5c2c34)C(O)C(O)C1O. The second-order valence-electron chi connectivity index (χ2n) is 9.82. The van der Waals surface area contributed by atoms with Gasteiger partial charge >= 0.3 is 11.9 Å². The lowest BCUT2D eigenvalue weighted by Gasteiger charge is -2.40. The van der Waals surface area contributed by atoms with Crippen LogP contribution in [0.25, 0.3) is 27.3 Å². The summed E-state index contributed by atoms with van der Waals surface area (Å²) in [5.74, 6) is -2.13. The Bertz CT molecular complexity index is 1600. The van der Waals surface area contributed by atoms with Crippen LogP contribution in [0.3, 0.4) is 0 Å². The molecule has 13 nitrogen and oxygen atoms in total. The number of aliphatic hydroxyl groups excluding tert-OH is 3. The number of carboxylic acids is 1. The van der Waals surface area contributed by atoms with Crippen molar-refractivity contribution in [2.24, 2.45) is 0 Å². The lowest BCUT2D eigenvalue weighted by molar-refractivity contribution is -0.278. The summed E-state index contributed by atoms with van der Waals surface area (Å²) in [5, 5.41) is 51.6. The molecule has 13 heteroatoms. The topological polar surface area (TPSA) is 197 Å². The Balaban J connectivity index is 1.40. The van der Waals surface area contributed by atoms with Crippen molar-refractivity contribution >= 4 is 39.3 Å². The van der Waals surface area contributed by atoms with Crippen LogP contribution in [0.4, 0.5) is 0 Å². The molecule has 4 heterocycles. The molecule has 39 heavy (non-hydrogen) atoms. The fraction of sp³-hybridized carbons (Fsp3) is 0.385. The maximum Gasteiger partial charge on any atom is 0.308 e. The third kappa shape index (κ3) is 4.97. The Kier molecular flexibility index (Phi) is 6.86. The highest BCUT2D eigenvalue weighted by Crippen LogP contribution is 2.37. The van der Waals surface area contributed by atoms with E-state index in [1.54, 1.807) is 30.3 Å². The van der Waals surface area contributed by atoms with Gasteiger partial charge in [0.15, 0.2) is 5.75 Å². The number of esters is 1. The summed E-state index contributed by atoms with van der Waals surface area (Å²) in [5.41, 5.74) is -0.503. The molecule has 0 bridgehead atoms. The number of carbonyl (C=O) groups excluding carboxylic acids is 1. The number of benzene rings is 1. The molecule has 3 aromatic heterocycles. The van der Waals surface area contributed by atoms with Gasteiger partial charge in [-0.05, 0) is 19.1 Å². The third-order valence-corrected chi connectivity index (χ3v) is 6.67. The first-order valence-electron chi connectivity index (χ1n) is 12.1. The van der Waals surface area contributed by atoms with Crippen LogP contribution < -0.4 is 10.3 Å². The molecule has 4 aromatic rings. The second-order valence-corrected chi connectivity index (χ2v) is 9.82. The van der Waals surface area contributed by atoms with E-state index in [4.69, 9.17) is 19.3 Å². The van der Waals surface area contributed by atoms with Crippen LogP contribution in [0.15, 0.2) is 47.4 Å². The van der Waals surface area contributed by atoms with Crippen LogP contribution in [-0.2, 0) is 19.1 Å². The van der Waals surface area contributed by atoms with Crippen LogP contribution in [0.2, 0.25) is 0 Å². The average Bonchev–Trinajstić information content (AvgIpc) is 3.22. The van der Waals surface area contributed by atoms with E-state index in [0.29, 0.717) is 27.3 Å². The number of aromatic nitrogens is 2. The summed E-state index contributed by atoms with van der Waals surface area (Å²) < 4.78 is 18.1. The summed E-state index contributed by atoms with van der Waals surface area (Å²) >= 11 is 0. The molecule has 0 saturated carbocycles. The number of pyridine rings is 2. The molecule has 5 rings (SSSR count). The fourth-order valence-electron chi connectivity index (χ4n) is 4.85. The number of aliphatic carboxylic acids is 1. The number of nitrogens with zero attached hydrogens (tertiary/aromatic N) is 2. The van der Waals surface area contributed by atoms with Crippen molar-refractivity contribution in [3.8, 4) is 5.75 Å². The van der Waals surface area contributed by atoms with Crippen LogP contribution in [0, 0.1) is 0 Å². The number of para-hydroxylation sites is 1. The number of carboxylic acid groups (broad SMARTS) is 1. The zero-order chi connectivity index (χ0) is 28.1. The van der Waals surface area contributed by atoms with Crippen LogP contribution >= 0.6 is 0 Å². The minimum Gasteiger partial charge on any atom is -0.481 e. The molecule has 5 N–H and O–H groups in total. The second kappa shape index (κ2) is 10.0. The molecule has 1 fully saturated rings. The van der Waals surface area contributed by atoms with E-state index in [-0.39, 0.29) is 11.3 Å². The largest absolute Gasteiger partial charge is 0.481 e. The Morgan fingerprint density at radius 2 is 1.82 bits per heavy atom. The van der Waals surface area contributed by atoms with Gasteiger partial charge in [-0.25, -0.2) is 0 Å². The van der Waals surface area contributed by atoms with Crippen molar-refractivity contribution in [2.45, 2.75) is 56.1 Å². The third-order valence-electron chi connectivity index (χ3n) is 6.67. The van der Waals surface area contributed by atoms with Gasteiger partial charge in [0, 0.05) is 11.5 Å². The van der Waals surface area contributed by atoms with Crippen LogP contribution in [0.5, 0.6) is 5.75 Å². The van der Waals surface area contributed by atoms with E-state index in [9.17, 15) is 34.8 Å². The lowest BCUT2D eigenvalue weighted by Crippen LogP contribution is -2.60. The Hall–Kier alpha value is -3.88. The number of aliphatic hydroxyl groups is 4. The number of hydrogen-bond donors (Lipinski definition) is 5. The monoisotopic (exact) mass is 542 g/mol. The maximum absolute atomic E-state index is 12.7. The van der Waals surface area contributed by atoms with Gasteiger partial charge in [0.05, 0.1) is 46.6 Å². The van der Waals surface area contributed by atoms with Gasteiger partial charge in [-0.3, -0.25) is 23.8 Å². The molecule has 206 valence electrons. The molecule has 1 saturated heterocycles. The van der Waals surface area contributed by atoms with Crippen molar-refractivity contribution in [1.82, 2.24) is 9.38 Å². The molecular weight excluding hydrogens is 516 g/mol. The van der Waals surface area contributed by atoms with Crippen molar-refractivity contribution in [3.05, 3.63) is 52.9 Å². The molecule has 1 aliphatic heterocycles. The maximum atomic E-state index is 12.7. The minimum absolute atomic E-state index is 0.139. The summed E-state index contributed by atoms with van der Waals surface area (Å²) in [6, 6.07) is 10.1. The Morgan fingerprint density at radius 1 is 1.08 bits per heavy atom. The lowest BCUT2D eigenvalue weighted by atomic mass is 9.98. The molecule has 1 aliphatic rings. The van der Waals surface area contributed by atoms with E-state index in [0.717, 1.165) is 6.92 Å². The normalized spacial score (nSPS) is 25.1. The van der Waals surface area contributed by atoms with Gasteiger partial charge in [0.1, 0.15) is 31.0 Å². The minimum atomic E-state index is -1.86. The van der Waals surface area contributed by atoms with Gasteiger partial charge in [-0.1, -0.05) is 18.2 Å². The van der Waals surface area contributed by atoms with Gasteiger partial charge < -0.3 is 39.7 Å². The highest BCUT2D eigenvalue weighted by Gasteiger charge is 2.46. The van der Waals surface area contributed by atoms with E-state index in [2.05, 4.69) is 4.98 Å². The summed E-state index contributed by atoms with van der Waals surface area (Å²) in [7, 11) is 0. The van der Waals surface area contributed by atoms with Crippen molar-refractivity contribution in [1.29, 1.82) is 0 Å². The van der Waals surface area contributed by atoms with Gasteiger partial charge in [-0.2, -0.15) is 0 Å². The number of rotatable bonds is 8. The molecule has 0 amide bonds. The molecule has 6 atom stereocenters. The first-order valence-corrected chi connectivity index (χ1v) is 12.1. The predicted molar refractivity (Wildman–Crippen MR) is 133 cm³/mol. The molecule has 0 radical (unpaired) electrons. The summed E-state index contributed by atoms with van der Waals surface area (Å²) in [4.78, 5) is 40.1. The number of fused-ring (bicyclic) bond motifs is 3. The fourth-order valence-corrected chi connectivity index (χ4v) is 4.85. The molecular formula is C26H26N2O11. The van der Waals surface area contributed by atoms with Crippen molar-refractivity contribution in [2.75, 3.05) is 6.61 Å². The predicted octanol–water partition coefficient (Wildman–Crippen LogP) is -0.216. The zero-order valence-corrected chi connectivity index (χ0v) is 20.6. The first kappa shape index (κ1) is 26.7. The first-order chi connectivity index (χ1) is 18.5. The molecule has 0 spiro atoms. The van der Waals surface area contributed by atoms with E-state index < -0.39 is 67.7 Å².